The van der Waals surface area contributed by atoms with Crippen molar-refractivity contribution in [1.29, 1.82) is 0 Å². The maximum absolute atomic E-state index is 12.6. The van der Waals surface area contributed by atoms with Crippen molar-refractivity contribution in [3.05, 3.63) is 57.8 Å². The van der Waals surface area contributed by atoms with Crippen molar-refractivity contribution in [3.8, 4) is 11.3 Å². The molecule has 0 bridgehead atoms. The summed E-state index contributed by atoms with van der Waals surface area (Å²) >= 11 is 1.64. The Bertz CT molecular complexity index is 1150. The maximum Gasteiger partial charge on any atom is 0.244 e. The van der Waals surface area contributed by atoms with Crippen molar-refractivity contribution < 1.29 is 4.79 Å². The number of carbonyl (C=O) groups is 1. The van der Waals surface area contributed by atoms with E-state index in [1.807, 2.05) is 50.5 Å². The number of benzene rings is 1. The number of H-pyrrole nitrogens is 1. The number of nitrogens with zero attached hydrogens (tertiary/aromatic N) is 2. The van der Waals surface area contributed by atoms with Crippen LogP contribution in [0.4, 0.5) is 5.69 Å². The first-order valence-corrected chi connectivity index (χ1v) is 9.77. The highest BCUT2D eigenvalue weighted by Gasteiger charge is 2.15. The van der Waals surface area contributed by atoms with Crippen LogP contribution in [0.5, 0.6) is 0 Å². The molecule has 0 aliphatic heterocycles. The number of hydrogen-bond donors (Lipinski definition) is 2. The molecule has 0 aliphatic rings. The van der Waals surface area contributed by atoms with Crippen LogP contribution >= 0.6 is 11.3 Å². The molecule has 0 unspecified atom stereocenters. The highest BCUT2D eigenvalue weighted by atomic mass is 32.1. The zero-order valence-electron chi connectivity index (χ0n) is 15.9. The lowest BCUT2D eigenvalue weighted by molar-refractivity contribution is -0.116. The van der Waals surface area contributed by atoms with Crippen molar-refractivity contribution in [2.75, 3.05) is 5.32 Å². The number of hydrogen-bond acceptors (Lipinski definition) is 3. The van der Waals surface area contributed by atoms with Crippen molar-refractivity contribution >= 4 is 33.8 Å². The Balaban J connectivity index is 1.54. The van der Waals surface area contributed by atoms with E-state index in [2.05, 4.69) is 32.8 Å². The van der Waals surface area contributed by atoms with Crippen LogP contribution in [-0.2, 0) is 11.3 Å². The number of nitrogens with one attached hydrogen (secondary N) is 2. The van der Waals surface area contributed by atoms with E-state index < -0.39 is 0 Å². The molecule has 2 N–H and O–H groups in total. The Hall–Kier alpha value is -2.86. The standard InChI is InChI=1S/C21H22N4OS/c1-12-7-16-9-17(5-6-19(16)22-12)24-21(26)10-25-13(2)8-18(14(25)3)20-11-27-15(4)23-20/h5-9,11,22H,10H2,1-4H3,(H,24,26). The van der Waals surface area contributed by atoms with Crippen molar-refractivity contribution in [2.45, 2.75) is 34.2 Å². The van der Waals surface area contributed by atoms with Gasteiger partial charge in [-0.2, -0.15) is 0 Å². The Morgan fingerprint density at radius 2 is 2.00 bits per heavy atom. The zero-order chi connectivity index (χ0) is 19.1. The number of aromatic nitrogens is 3. The molecule has 3 aromatic heterocycles. The van der Waals surface area contributed by atoms with E-state index in [1.165, 1.54) is 0 Å². The number of aromatic amines is 1. The van der Waals surface area contributed by atoms with Gasteiger partial charge in [-0.05, 0) is 58.0 Å². The minimum atomic E-state index is -0.0376. The summed E-state index contributed by atoms with van der Waals surface area (Å²) < 4.78 is 2.04. The molecule has 6 heteroatoms. The normalized spacial score (nSPS) is 11.3. The molecule has 1 amide bonds. The summed E-state index contributed by atoms with van der Waals surface area (Å²) in [6.45, 7) is 8.38. The van der Waals surface area contributed by atoms with Gasteiger partial charge in [-0.15, -0.1) is 11.3 Å². The van der Waals surface area contributed by atoms with Gasteiger partial charge >= 0.3 is 0 Å². The van der Waals surface area contributed by atoms with E-state index in [1.54, 1.807) is 11.3 Å². The summed E-state index contributed by atoms with van der Waals surface area (Å²) in [5.74, 6) is -0.0376. The first-order chi connectivity index (χ1) is 12.9. The molecule has 0 fully saturated rings. The van der Waals surface area contributed by atoms with Gasteiger partial charge in [-0.25, -0.2) is 4.98 Å². The molecule has 138 valence electrons. The molecular formula is C21H22N4OS. The van der Waals surface area contributed by atoms with Gasteiger partial charge in [0.25, 0.3) is 0 Å². The van der Waals surface area contributed by atoms with Gasteiger partial charge in [0.05, 0.1) is 10.7 Å². The van der Waals surface area contributed by atoms with Gasteiger partial charge < -0.3 is 14.9 Å². The molecule has 4 rings (SSSR count). The zero-order valence-corrected chi connectivity index (χ0v) is 16.7. The van der Waals surface area contributed by atoms with Crippen LogP contribution in [-0.4, -0.2) is 20.4 Å². The number of fused-ring (bicyclic) bond motifs is 1. The van der Waals surface area contributed by atoms with Gasteiger partial charge in [0, 0.05) is 44.6 Å². The lowest BCUT2D eigenvalue weighted by Crippen LogP contribution is -2.20. The molecule has 4 aromatic rings. The summed E-state index contributed by atoms with van der Waals surface area (Å²) in [5.41, 5.74) is 7.18. The number of carbonyl (C=O) groups excluding carboxylic acids is 1. The SMILES string of the molecule is Cc1cc2cc(NC(=O)Cn3c(C)cc(-c4csc(C)n4)c3C)ccc2[nH]1. The van der Waals surface area contributed by atoms with Crippen LogP contribution in [0.1, 0.15) is 22.1 Å². The quantitative estimate of drug-likeness (QED) is 0.527. The number of anilines is 1. The molecular weight excluding hydrogens is 356 g/mol. The summed E-state index contributed by atoms with van der Waals surface area (Å²) in [6.07, 6.45) is 0. The fraction of sp³-hybridized carbons (Fsp3) is 0.238. The van der Waals surface area contributed by atoms with Crippen LogP contribution in [0.25, 0.3) is 22.2 Å². The molecule has 5 nitrogen and oxygen atoms in total. The third-order valence-electron chi connectivity index (χ3n) is 4.81. The summed E-state index contributed by atoms with van der Waals surface area (Å²) in [5, 5.41) is 7.22. The topological polar surface area (TPSA) is 62.7 Å². The molecule has 1 aromatic carbocycles. The fourth-order valence-corrected chi connectivity index (χ4v) is 4.10. The Kier molecular flexibility index (Phi) is 4.36. The van der Waals surface area contributed by atoms with Crippen molar-refractivity contribution in [2.24, 2.45) is 0 Å². The second-order valence-corrected chi connectivity index (χ2v) is 7.99. The lowest BCUT2D eigenvalue weighted by Gasteiger charge is -2.10. The van der Waals surface area contributed by atoms with Gasteiger partial charge in [-0.1, -0.05) is 0 Å². The van der Waals surface area contributed by atoms with E-state index in [9.17, 15) is 4.79 Å². The molecule has 27 heavy (non-hydrogen) atoms. The van der Waals surface area contributed by atoms with Gasteiger partial charge in [0.2, 0.25) is 5.91 Å². The highest BCUT2D eigenvalue weighted by molar-refractivity contribution is 7.09. The third-order valence-corrected chi connectivity index (χ3v) is 5.58. The number of amides is 1. The van der Waals surface area contributed by atoms with Crippen LogP contribution in [0.2, 0.25) is 0 Å². The third kappa shape index (κ3) is 3.40. The summed E-state index contributed by atoms with van der Waals surface area (Å²) in [7, 11) is 0. The van der Waals surface area contributed by atoms with E-state index in [0.29, 0.717) is 0 Å². The molecule has 3 heterocycles. The average Bonchev–Trinajstić information content (AvgIpc) is 3.27. The number of thiazole rings is 1. The Morgan fingerprint density at radius 3 is 2.74 bits per heavy atom. The highest BCUT2D eigenvalue weighted by Crippen LogP contribution is 2.28. The largest absolute Gasteiger partial charge is 0.359 e. The first kappa shape index (κ1) is 17.5. The molecule has 0 atom stereocenters. The van der Waals surface area contributed by atoms with Crippen molar-refractivity contribution in [1.82, 2.24) is 14.5 Å². The van der Waals surface area contributed by atoms with E-state index >= 15 is 0 Å². The number of aryl methyl sites for hydroxylation is 3. The second kappa shape index (κ2) is 6.70. The maximum atomic E-state index is 12.6. The molecule has 0 spiro atoms. The van der Waals surface area contributed by atoms with E-state index in [4.69, 9.17) is 0 Å². The van der Waals surface area contributed by atoms with E-state index in [-0.39, 0.29) is 12.5 Å². The summed E-state index contributed by atoms with van der Waals surface area (Å²) in [6, 6.07) is 10.1. The van der Waals surface area contributed by atoms with Crippen LogP contribution in [0.3, 0.4) is 0 Å². The first-order valence-electron chi connectivity index (χ1n) is 8.89. The molecule has 0 saturated carbocycles. The minimum absolute atomic E-state index is 0.0376. The molecule has 0 aliphatic carbocycles. The molecule has 0 saturated heterocycles. The Morgan fingerprint density at radius 1 is 1.19 bits per heavy atom. The van der Waals surface area contributed by atoms with Gasteiger partial charge in [0.15, 0.2) is 0 Å². The predicted molar refractivity (Wildman–Crippen MR) is 111 cm³/mol. The molecule has 0 radical (unpaired) electrons. The van der Waals surface area contributed by atoms with Crippen molar-refractivity contribution in [3.63, 3.8) is 0 Å². The van der Waals surface area contributed by atoms with Gasteiger partial charge in [0.1, 0.15) is 6.54 Å². The number of rotatable bonds is 4. The summed E-state index contributed by atoms with van der Waals surface area (Å²) in [4.78, 5) is 20.5. The van der Waals surface area contributed by atoms with Gasteiger partial charge in [-0.3, -0.25) is 4.79 Å². The Labute approximate surface area is 162 Å². The predicted octanol–water partition coefficient (Wildman–Crippen LogP) is 4.97. The van der Waals surface area contributed by atoms with E-state index in [0.717, 1.165) is 49.9 Å². The second-order valence-electron chi connectivity index (χ2n) is 6.93. The monoisotopic (exact) mass is 378 g/mol. The van der Waals surface area contributed by atoms with Crippen LogP contribution in [0.15, 0.2) is 35.7 Å². The van der Waals surface area contributed by atoms with Crippen LogP contribution < -0.4 is 5.32 Å². The minimum Gasteiger partial charge on any atom is -0.359 e. The lowest BCUT2D eigenvalue weighted by atomic mass is 10.2. The average molecular weight is 379 g/mol. The van der Waals surface area contributed by atoms with Crippen LogP contribution in [0, 0.1) is 27.7 Å². The fourth-order valence-electron chi connectivity index (χ4n) is 3.49. The smallest absolute Gasteiger partial charge is 0.244 e.